The van der Waals surface area contributed by atoms with Gasteiger partial charge >= 0.3 is 0 Å². The molecule has 2 aliphatic rings. The third-order valence-corrected chi connectivity index (χ3v) is 3.94. The second-order valence-corrected chi connectivity index (χ2v) is 4.82. The molecule has 1 aromatic carbocycles. The van der Waals surface area contributed by atoms with Crippen molar-refractivity contribution in [2.24, 2.45) is 0 Å². The van der Waals surface area contributed by atoms with Gasteiger partial charge in [-0.3, -0.25) is 0 Å². The number of hydrogen-bond donors (Lipinski definition) is 1. The zero-order chi connectivity index (χ0) is 11.7. The molecule has 0 amide bonds. The second-order valence-electron chi connectivity index (χ2n) is 4.82. The van der Waals surface area contributed by atoms with Gasteiger partial charge < -0.3 is 14.8 Å². The van der Waals surface area contributed by atoms with E-state index in [0.29, 0.717) is 13.2 Å². The van der Waals surface area contributed by atoms with Gasteiger partial charge in [0.1, 0.15) is 13.2 Å². The molecule has 0 spiro atoms. The highest BCUT2D eigenvalue weighted by molar-refractivity contribution is 5.46. The van der Waals surface area contributed by atoms with Crippen molar-refractivity contribution in [2.75, 3.05) is 19.8 Å². The molecule has 3 heteroatoms. The van der Waals surface area contributed by atoms with Gasteiger partial charge in [-0.2, -0.15) is 0 Å². The minimum atomic E-state index is 0.149. The molecule has 1 aromatic rings. The number of nitrogens with one attached hydrogen (secondary N) is 1. The van der Waals surface area contributed by atoms with Crippen LogP contribution in [0.3, 0.4) is 0 Å². The van der Waals surface area contributed by atoms with Crippen LogP contribution >= 0.6 is 0 Å². The van der Waals surface area contributed by atoms with Crippen molar-refractivity contribution in [2.45, 2.75) is 31.7 Å². The van der Waals surface area contributed by atoms with Crippen molar-refractivity contribution in [3.05, 3.63) is 23.8 Å². The maximum absolute atomic E-state index is 5.66. The van der Waals surface area contributed by atoms with Crippen LogP contribution in [0.2, 0.25) is 0 Å². The molecule has 0 saturated carbocycles. The molecule has 1 atom stereocenters. The molecule has 2 aliphatic heterocycles. The van der Waals surface area contributed by atoms with Crippen LogP contribution in [0, 0.1) is 0 Å². The van der Waals surface area contributed by atoms with Gasteiger partial charge in [-0.25, -0.2) is 0 Å². The average molecular weight is 233 g/mol. The molecule has 17 heavy (non-hydrogen) atoms. The molecule has 3 nitrogen and oxygen atoms in total. The highest BCUT2D eigenvalue weighted by Crippen LogP contribution is 2.39. The van der Waals surface area contributed by atoms with Crippen LogP contribution in [0.1, 0.15) is 31.7 Å². The van der Waals surface area contributed by atoms with Gasteiger partial charge in [-0.05, 0) is 43.5 Å². The Morgan fingerprint density at radius 1 is 1.24 bits per heavy atom. The summed E-state index contributed by atoms with van der Waals surface area (Å²) in [5, 5.41) is 3.65. The van der Waals surface area contributed by atoms with Crippen LogP contribution in [-0.2, 0) is 5.54 Å². The van der Waals surface area contributed by atoms with Crippen molar-refractivity contribution in [1.29, 1.82) is 0 Å². The molecule has 2 heterocycles. The third-order valence-electron chi connectivity index (χ3n) is 3.94. The summed E-state index contributed by atoms with van der Waals surface area (Å²) in [7, 11) is 0. The number of rotatable bonds is 2. The molecule has 0 aliphatic carbocycles. The van der Waals surface area contributed by atoms with Crippen molar-refractivity contribution >= 4 is 0 Å². The van der Waals surface area contributed by atoms with Crippen molar-refractivity contribution in [3.63, 3.8) is 0 Å². The van der Waals surface area contributed by atoms with Gasteiger partial charge in [0, 0.05) is 5.54 Å². The molecular formula is C14H19NO2. The Bertz CT molecular complexity index is 411. The topological polar surface area (TPSA) is 30.5 Å². The smallest absolute Gasteiger partial charge is 0.161 e. The minimum Gasteiger partial charge on any atom is -0.486 e. The lowest BCUT2D eigenvalue weighted by Crippen LogP contribution is -2.36. The van der Waals surface area contributed by atoms with Crippen LogP contribution < -0.4 is 14.8 Å². The van der Waals surface area contributed by atoms with Gasteiger partial charge in [0.25, 0.3) is 0 Å². The lowest BCUT2D eigenvalue weighted by Gasteiger charge is -2.30. The SMILES string of the molecule is CCC1(c2ccc3c(c2)OCCO3)CCCN1. The van der Waals surface area contributed by atoms with E-state index < -0.39 is 0 Å². The maximum Gasteiger partial charge on any atom is 0.161 e. The molecule has 1 unspecified atom stereocenters. The van der Waals surface area contributed by atoms with Crippen molar-refractivity contribution in [3.8, 4) is 11.5 Å². The Morgan fingerprint density at radius 2 is 2.06 bits per heavy atom. The van der Waals surface area contributed by atoms with Crippen LogP contribution in [-0.4, -0.2) is 19.8 Å². The van der Waals surface area contributed by atoms with Gasteiger partial charge in [-0.15, -0.1) is 0 Å². The van der Waals surface area contributed by atoms with E-state index in [2.05, 4.69) is 24.4 Å². The largest absolute Gasteiger partial charge is 0.486 e. The van der Waals surface area contributed by atoms with Crippen molar-refractivity contribution < 1.29 is 9.47 Å². The minimum absolute atomic E-state index is 0.149. The van der Waals surface area contributed by atoms with E-state index in [0.717, 1.165) is 24.5 Å². The molecule has 1 fully saturated rings. The van der Waals surface area contributed by atoms with E-state index in [1.165, 1.54) is 18.4 Å². The first-order valence-corrected chi connectivity index (χ1v) is 6.49. The van der Waals surface area contributed by atoms with Crippen LogP contribution in [0.15, 0.2) is 18.2 Å². The standard InChI is InChI=1S/C14H19NO2/c1-2-14(6-3-7-15-14)11-4-5-12-13(10-11)17-9-8-16-12/h4-5,10,15H,2-3,6-9H2,1H3. The van der Waals surface area contributed by atoms with Gasteiger partial charge in [-0.1, -0.05) is 13.0 Å². The fourth-order valence-corrected chi connectivity index (χ4v) is 2.90. The van der Waals surface area contributed by atoms with E-state index in [4.69, 9.17) is 9.47 Å². The summed E-state index contributed by atoms with van der Waals surface area (Å²) >= 11 is 0. The molecule has 3 rings (SSSR count). The van der Waals surface area contributed by atoms with E-state index in [1.807, 2.05) is 6.07 Å². The summed E-state index contributed by atoms with van der Waals surface area (Å²) in [6.07, 6.45) is 3.58. The highest BCUT2D eigenvalue weighted by atomic mass is 16.6. The van der Waals surface area contributed by atoms with Crippen LogP contribution in [0.5, 0.6) is 11.5 Å². The lowest BCUT2D eigenvalue weighted by atomic mass is 9.86. The second kappa shape index (κ2) is 4.22. The maximum atomic E-state index is 5.66. The Labute approximate surface area is 102 Å². The van der Waals surface area contributed by atoms with Gasteiger partial charge in [0.05, 0.1) is 0 Å². The summed E-state index contributed by atoms with van der Waals surface area (Å²) in [6, 6.07) is 6.37. The number of benzene rings is 1. The van der Waals surface area contributed by atoms with E-state index >= 15 is 0 Å². The fraction of sp³-hybridized carbons (Fsp3) is 0.571. The number of fused-ring (bicyclic) bond motifs is 1. The fourth-order valence-electron chi connectivity index (χ4n) is 2.90. The quantitative estimate of drug-likeness (QED) is 0.851. The first kappa shape index (κ1) is 10.9. The summed E-state index contributed by atoms with van der Waals surface area (Å²) in [4.78, 5) is 0. The van der Waals surface area contributed by atoms with E-state index in [1.54, 1.807) is 0 Å². The molecule has 0 radical (unpaired) electrons. The predicted molar refractivity (Wildman–Crippen MR) is 66.6 cm³/mol. The Hall–Kier alpha value is -1.22. The first-order chi connectivity index (χ1) is 8.34. The zero-order valence-corrected chi connectivity index (χ0v) is 10.3. The summed E-state index contributed by atoms with van der Waals surface area (Å²) < 4.78 is 11.2. The molecular weight excluding hydrogens is 214 g/mol. The third kappa shape index (κ3) is 1.78. The molecule has 0 aromatic heterocycles. The van der Waals surface area contributed by atoms with Crippen LogP contribution in [0.25, 0.3) is 0 Å². The summed E-state index contributed by atoms with van der Waals surface area (Å²) in [6.45, 7) is 4.67. The number of ether oxygens (including phenoxy) is 2. The average Bonchev–Trinajstić information content (AvgIpc) is 2.88. The summed E-state index contributed by atoms with van der Waals surface area (Å²) in [5.74, 6) is 1.78. The lowest BCUT2D eigenvalue weighted by molar-refractivity contribution is 0.171. The van der Waals surface area contributed by atoms with E-state index in [-0.39, 0.29) is 5.54 Å². The highest BCUT2D eigenvalue weighted by Gasteiger charge is 2.34. The van der Waals surface area contributed by atoms with Crippen molar-refractivity contribution in [1.82, 2.24) is 5.32 Å². The van der Waals surface area contributed by atoms with Gasteiger partial charge in [0.2, 0.25) is 0 Å². The van der Waals surface area contributed by atoms with E-state index in [9.17, 15) is 0 Å². The predicted octanol–water partition coefficient (Wildman–Crippen LogP) is 2.45. The zero-order valence-electron chi connectivity index (χ0n) is 10.3. The normalized spacial score (nSPS) is 27.1. The molecule has 1 saturated heterocycles. The first-order valence-electron chi connectivity index (χ1n) is 6.49. The Kier molecular flexibility index (Phi) is 2.71. The molecule has 92 valence electrons. The summed E-state index contributed by atoms with van der Waals surface area (Å²) in [5.41, 5.74) is 1.48. The monoisotopic (exact) mass is 233 g/mol. The molecule has 0 bridgehead atoms. The van der Waals surface area contributed by atoms with Crippen LogP contribution in [0.4, 0.5) is 0 Å². The number of hydrogen-bond acceptors (Lipinski definition) is 3. The Balaban J connectivity index is 1.97. The van der Waals surface area contributed by atoms with Gasteiger partial charge in [0.15, 0.2) is 11.5 Å². The Morgan fingerprint density at radius 3 is 2.76 bits per heavy atom. The molecule has 1 N–H and O–H groups in total.